The molecule has 0 saturated heterocycles. The zero-order chi connectivity index (χ0) is 14.2. The van der Waals surface area contributed by atoms with Gasteiger partial charge >= 0.3 is 11.9 Å². The Morgan fingerprint density at radius 2 is 2.06 bits per heavy atom. The highest BCUT2D eigenvalue weighted by molar-refractivity contribution is 7.85. The van der Waals surface area contributed by atoms with Crippen molar-refractivity contribution in [2.45, 2.75) is 12.5 Å². The highest BCUT2D eigenvalue weighted by atomic mass is 32.2. The van der Waals surface area contributed by atoms with Gasteiger partial charge in [0, 0.05) is 0 Å². The average Bonchev–Trinajstić information content (AvgIpc) is 2.30. The lowest BCUT2D eigenvalue weighted by molar-refractivity contribution is -0.151. The lowest BCUT2D eigenvalue weighted by atomic mass is 10.3. The molecule has 0 aromatic rings. The number of hydrogen-bond donors (Lipinski definition) is 2. The van der Waals surface area contributed by atoms with Crippen molar-refractivity contribution in [2.24, 2.45) is 0 Å². The summed E-state index contributed by atoms with van der Waals surface area (Å²) in [6.45, 7) is -0.490. The zero-order valence-corrected chi connectivity index (χ0v) is 10.3. The van der Waals surface area contributed by atoms with Crippen molar-refractivity contribution in [1.82, 2.24) is 5.32 Å². The molecular weight excluding hydrogens is 270 g/mol. The topological polar surface area (TPSA) is 136 Å². The molecule has 18 heavy (non-hydrogen) atoms. The van der Waals surface area contributed by atoms with Crippen molar-refractivity contribution in [3.8, 4) is 0 Å². The number of rotatable bonds is 8. The van der Waals surface area contributed by atoms with E-state index in [0.717, 1.165) is 7.11 Å². The second-order valence-electron chi connectivity index (χ2n) is 3.08. The second kappa shape index (κ2) is 7.61. The van der Waals surface area contributed by atoms with Crippen molar-refractivity contribution in [3.05, 3.63) is 0 Å². The van der Waals surface area contributed by atoms with E-state index in [9.17, 15) is 22.8 Å². The minimum Gasteiger partial charge on any atom is -0.467 e. The Morgan fingerprint density at radius 3 is 2.50 bits per heavy atom. The third-order valence-corrected chi connectivity index (χ3v) is 2.45. The first-order valence-corrected chi connectivity index (χ1v) is 6.29. The normalized spacial score (nSPS) is 12.3. The molecule has 104 valence electrons. The Kier molecular flexibility index (Phi) is 6.90. The van der Waals surface area contributed by atoms with Crippen LogP contribution in [0.15, 0.2) is 0 Å². The van der Waals surface area contributed by atoms with Gasteiger partial charge in [-0.15, -0.1) is 0 Å². The Hall–Kier alpha value is -1.68. The van der Waals surface area contributed by atoms with Gasteiger partial charge in [-0.1, -0.05) is 0 Å². The summed E-state index contributed by atoms with van der Waals surface area (Å²) in [7, 11) is -3.17. The first kappa shape index (κ1) is 16.3. The Balaban J connectivity index is 4.15. The molecular formula is C8H13NO8S. The van der Waals surface area contributed by atoms with Crippen LogP contribution in [0.3, 0.4) is 0 Å². The first-order chi connectivity index (χ1) is 8.30. The average molecular weight is 283 g/mol. The van der Waals surface area contributed by atoms with E-state index in [4.69, 9.17) is 4.55 Å². The first-order valence-electron chi connectivity index (χ1n) is 4.68. The number of carbonyl (C=O) groups excluding carboxylic acids is 3. The van der Waals surface area contributed by atoms with Gasteiger partial charge in [0.05, 0.1) is 19.3 Å². The molecule has 0 heterocycles. The molecule has 0 aromatic heterocycles. The Morgan fingerprint density at radius 1 is 1.44 bits per heavy atom. The number of nitrogens with one attached hydrogen (secondary N) is 1. The summed E-state index contributed by atoms with van der Waals surface area (Å²) < 4.78 is 37.9. The monoisotopic (exact) mass is 283 g/mol. The van der Waals surface area contributed by atoms with Gasteiger partial charge in [0.1, 0.15) is 6.61 Å². The van der Waals surface area contributed by atoms with Crippen LogP contribution in [0, 0.1) is 0 Å². The van der Waals surface area contributed by atoms with Gasteiger partial charge in [0.2, 0.25) is 6.41 Å². The van der Waals surface area contributed by atoms with Gasteiger partial charge in [-0.25, -0.2) is 4.79 Å². The highest BCUT2D eigenvalue weighted by Crippen LogP contribution is 1.95. The van der Waals surface area contributed by atoms with Crippen LogP contribution < -0.4 is 5.32 Å². The van der Waals surface area contributed by atoms with Crippen LogP contribution in [0.1, 0.15) is 6.42 Å². The largest absolute Gasteiger partial charge is 0.467 e. The summed E-state index contributed by atoms with van der Waals surface area (Å²) >= 11 is 0. The Bertz CT molecular complexity index is 403. The molecule has 10 heteroatoms. The van der Waals surface area contributed by atoms with E-state index in [2.05, 4.69) is 14.8 Å². The maximum absolute atomic E-state index is 11.1. The third kappa shape index (κ3) is 7.57. The predicted octanol–water partition coefficient (Wildman–Crippen LogP) is -1.90. The molecule has 0 aromatic carbocycles. The third-order valence-electron chi connectivity index (χ3n) is 1.73. The fourth-order valence-electron chi connectivity index (χ4n) is 0.869. The van der Waals surface area contributed by atoms with Crippen LogP contribution in [0.4, 0.5) is 0 Å². The fourth-order valence-corrected chi connectivity index (χ4v) is 1.29. The summed E-state index contributed by atoms with van der Waals surface area (Å²) in [5, 5.41) is 2.06. The van der Waals surface area contributed by atoms with Crippen LogP contribution in [-0.4, -0.2) is 56.8 Å². The van der Waals surface area contributed by atoms with Gasteiger partial charge in [0.25, 0.3) is 10.1 Å². The lowest BCUT2D eigenvalue weighted by Crippen LogP contribution is -2.41. The summed E-state index contributed by atoms with van der Waals surface area (Å²) in [5.41, 5.74) is 0. The number of amides is 1. The number of ether oxygens (including phenoxy) is 2. The van der Waals surface area contributed by atoms with E-state index in [-0.39, 0.29) is 6.41 Å². The molecule has 1 amide bonds. The highest BCUT2D eigenvalue weighted by Gasteiger charge is 2.20. The number of hydrogen-bond acceptors (Lipinski definition) is 7. The second-order valence-corrected chi connectivity index (χ2v) is 4.65. The van der Waals surface area contributed by atoms with E-state index in [0.29, 0.717) is 0 Å². The number of esters is 2. The maximum atomic E-state index is 11.1. The lowest BCUT2D eigenvalue weighted by Gasteiger charge is -2.13. The fraction of sp³-hybridized carbons (Fsp3) is 0.625. The zero-order valence-electron chi connectivity index (χ0n) is 9.49. The predicted molar refractivity (Wildman–Crippen MR) is 57.0 cm³/mol. The van der Waals surface area contributed by atoms with Crippen LogP contribution >= 0.6 is 0 Å². The minimum atomic E-state index is -4.25. The molecule has 0 aliphatic carbocycles. The van der Waals surface area contributed by atoms with Crippen molar-refractivity contribution >= 4 is 28.5 Å². The molecule has 0 aliphatic heterocycles. The minimum absolute atomic E-state index is 0.230. The van der Waals surface area contributed by atoms with Crippen molar-refractivity contribution in [2.75, 3.05) is 19.5 Å². The molecule has 0 bridgehead atoms. The van der Waals surface area contributed by atoms with E-state index in [1.54, 1.807) is 0 Å². The smallest absolute Gasteiger partial charge is 0.331 e. The van der Waals surface area contributed by atoms with Crippen LogP contribution in [0.5, 0.6) is 0 Å². The number of methoxy groups -OCH3 is 1. The maximum Gasteiger partial charge on any atom is 0.331 e. The van der Waals surface area contributed by atoms with Gasteiger partial charge in [-0.05, 0) is 0 Å². The molecule has 9 nitrogen and oxygen atoms in total. The van der Waals surface area contributed by atoms with Crippen LogP contribution in [0.25, 0.3) is 0 Å². The summed E-state index contributed by atoms with van der Waals surface area (Å²) in [6.07, 6.45) is -0.332. The standard InChI is InChI=1S/C8H13NO8S/c1-16-8(12)6(9-5-10)4-17-7(11)2-3-18(13,14)15/h5-6H,2-4H2,1H3,(H,9,10)(H,13,14,15). The summed E-state index contributed by atoms with van der Waals surface area (Å²) in [5.74, 6) is -2.53. The summed E-state index contributed by atoms with van der Waals surface area (Å²) in [6, 6.07) is -1.16. The van der Waals surface area contributed by atoms with Gasteiger partial charge < -0.3 is 14.8 Å². The number of carbonyl (C=O) groups is 3. The quantitative estimate of drug-likeness (QED) is 0.299. The van der Waals surface area contributed by atoms with Crippen molar-refractivity contribution in [3.63, 3.8) is 0 Å². The molecule has 1 unspecified atom stereocenters. The van der Waals surface area contributed by atoms with Crippen LogP contribution in [0.2, 0.25) is 0 Å². The van der Waals surface area contributed by atoms with Crippen molar-refractivity contribution < 1.29 is 36.8 Å². The molecule has 1 atom stereocenters. The van der Waals surface area contributed by atoms with Crippen molar-refractivity contribution in [1.29, 1.82) is 0 Å². The van der Waals surface area contributed by atoms with Gasteiger partial charge in [0.15, 0.2) is 6.04 Å². The van der Waals surface area contributed by atoms with Gasteiger partial charge in [-0.3, -0.25) is 14.1 Å². The molecule has 0 radical (unpaired) electrons. The van der Waals surface area contributed by atoms with Gasteiger partial charge in [-0.2, -0.15) is 8.42 Å². The van der Waals surface area contributed by atoms with Crippen LogP contribution in [-0.2, 0) is 34.0 Å². The van der Waals surface area contributed by atoms with E-state index in [1.165, 1.54) is 0 Å². The molecule has 0 aliphatic rings. The molecule has 0 fully saturated rings. The SMILES string of the molecule is COC(=O)C(COC(=O)CCS(=O)(=O)O)NC=O. The van der Waals surface area contributed by atoms with E-state index in [1.807, 2.05) is 0 Å². The Labute approximate surface area is 103 Å². The molecule has 0 saturated carbocycles. The van der Waals surface area contributed by atoms with E-state index < -0.39 is 46.9 Å². The molecule has 2 N–H and O–H groups in total. The molecule has 0 rings (SSSR count). The molecule has 0 spiro atoms. The van der Waals surface area contributed by atoms with E-state index >= 15 is 0 Å². The summed E-state index contributed by atoms with van der Waals surface area (Å²) in [4.78, 5) is 32.3.